The molecule has 0 unspecified atom stereocenters. The molecule has 1 saturated heterocycles. The number of nitrogen functional groups attached to an aromatic ring is 1. The van der Waals surface area contributed by atoms with Crippen LogP contribution in [0.25, 0.3) is 16.7 Å². The lowest BCUT2D eigenvalue weighted by molar-refractivity contribution is -0.162. The SMILES string of the molecule is Cc1cnc2cc(OC[C@@]34C[C@@H]3[C@@H](n3ccc5c(N)ncnc53)[C@@H]3OC(C)(C)O[C@@H]34)ccn12. The van der Waals surface area contributed by atoms with E-state index in [1.54, 1.807) is 0 Å². The molecule has 9 nitrogen and oxygen atoms in total. The molecule has 0 amide bonds. The Morgan fingerprint density at radius 1 is 1.18 bits per heavy atom. The lowest BCUT2D eigenvalue weighted by Crippen LogP contribution is -2.34. The highest BCUT2D eigenvalue weighted by molar-refractivity contribution is 5.86. The maximum atomic E-state index is 6.47. The van der Waals surface area contributed by atoms with Gasteiger partial charge in [-0.1, -0.05) is 0 Å². The molecule has 3 fully saturated rings. The first-order chi connectivity index (χ1) is 15.9. The second kappa shape index (κ2) is 6.24. The van der Waals surface area contributed by atoms with Crippen LogP contribution in [-0.4, -0.2) is 48.5 Å². The largest absolute Gasteiger partial charge is 0.493 e. The molecule has 9 heteroatoms. The predicted molar refractivity (Wildman–Crippen MR) is 121 cm³/mol. The van der Waals surface area contributed by atoms with Gasteiger partial charge in [-0.2, -0.15) is 0 Å². The number of ether oxygens (including phenoxy) is 3. The van der Waals surface area contributed by atoms with Crippen LogP contribution in [0.3, 0.4) is 0 Å². The van der Waals surface area contributed by atoms with Gasteiger partial charge in [-0.3, -0.25) is 0 Å². The van der Waals surface area contributed by atoms with E-state index in [1.165, 1.54) is 6.33 Å². The van der Waals surface area contributed by atoms with Gasteiger partial charge in [-0.25, -0.2) is 15.0 Å². The van der Waals surface area contributed by atoms with Crippen molar-refractivity contribution in [2.24, 2.45) is 11.3 Å². The highest BCUT2D eigenvalue weighted by Crippen LogP contribution is 2.71. The monoisotopic (exact) mass is 446 g/mol. The third kappa shape index (κ3) is 2.63. The molecule has 0 radical (unpaired) electrons. The maximum absolute atomic E-state index is 6.47. The number of aromatic nitrogens is 5. The van der Waals surface area contributed by atoms with E-state index in [9.17, 15) is 0 Å². The van der Waals surface area contributed by atoms with Crippen LogP contribution in [0.4, 0.5) is 5.82 Å². The summed E-state index contributed by atoms with van der Waals surface area (Å²) >= 11 is 0. The number of imidazole rings is 1. The number of anilines is 1. The normalized spacial score (nSPS) is 31.7. The molecule has 7 rings (SSSR count). The summed E-state index contributed by atoms with van der Waals surface area (Å²) in [6.45, 7) is 6.57. The minimum Gasteiger partial charge on any atom is -0.493 e. The van der Waals surface area contributed by atoms with Gasteiger partial charge in [0.25, 0.3) is 0 Å². The number of fused-ring (bicyclic) bond motifs is 5. The van der Waals surface area contributed by atoms with E-state index in [0.717, 1.165) is 34.5 Å². The Hall–Kier alpha value is -3.17. The fraction of sp³-hybridized carbons (Fsp3) is 0.458. The molecular formula is C24H26N6O3. The van der Waals surface area contributed by atoms with Gasteiger partial charge in [0.1, 0.15) is 35.3 Å². The second-order valence-corrected chi connectivity index (χ2v) is 10.1. The van der Waals surface area contributed by atoms with Gasteiger partial charge in [0.2, 0.25) is 0 Å². The molecule has 2 aliphatic carbocycles. The van der Waals surface area contributed by atoms with Crippen LogP contribution in [0.2, 0.25) is 0 Å². The number of aryl methyl sites for hydroxylation is 1. The molecule has 2 N–H and O–H groups in total. The average Bonchev–Trinajstić information content (AvgIpc) is 3.06. The van der Waals surface area contributed by atoms with E-state index >= 15 is 0 Å². The van der Waals surface area contributed by atoms with E-state index in [2.05, 4.69) is 25.7 Å². The zero-order chi connectivity index (χ0) is 22.5. The minimum atomic E-state index is -0.641. The molecule has 0 bridgehead atoms. The second-order valence-electron chi connectivity index (χ2n) is 10.1. The molecule has 4 aromatic rings. The highest BCUT2D eigenvalue weighted by Gasteiger charge is 2.76. The van der Waals surface area contributed by atoms with E-state index in [4.69, 9.17) is 19.9 Å². The van der Waals surface area contributed by atoms with Crippen LogP contribution in [0.5, 0.6) is 5.75 Å². The van der Waals surface area contributed by atoms with Gasteiger partial charge < -0.3 is 28.9 Å². The van der Waals surface area contributed by atoms with Crippen LogP contribution in [0, 0.1) is 18.3 Å². The quantitative estimate of drug-likeness (QED) is 0.514. The summed E-state index contributed by atoms with van der Waals surface area (Å²) in [5.74, 6) is 1.04. The van der Waals surface area contributed by atoms with Crippen LogP contribution >= 0.6 is 0 Å². The van der Waals surface area contributed by atoms with Crippen molar-refractivity contribution < 1.29 is 14.2 Å². The summed E-state index contributed by atoms with van der Waals surface area (Å²) in [6, 6.07) is 6.07. The fourth-order valence-electron chi connectivity index (χ4n) is 6.08. The summed E-state index contributed by atoms with van der Waals surface area (Å²) in [6.07, 6.45) is 8.34. The van der Waals surface area contributed by atoms with Gasteiger partial charge in [-0.15, -0.1) is 0 Å². The third-order valence-corrected chi connectivity index (χ3v) is 7.66. The Morgan fingerprint density at radius 2 is 2.06 bits per heavy atom. The molecule has 33 heavy (non-hydrogen) atoms. The number of hydrogen-bond acceptors (Lipinski definition) is 7. The Balaban J connectivity index is 1.22. The standard InChI is InChI=1S/C24H26N6O3/c1-13-10-26-17-8-14(4-6-29(13)17)31-11-24-9-16(24)18(19-20(24)33-23(2,3)32-19)30-7-5-15-21(25)27-12-28-22(15)30/h4-8,10,12,16,18-20H,9,11H2,1-3H3,(H2,25,27,28)/t16-,18-,19+,20+,24+/m1/s1. The molecule has 2 saturated carbocycles. The van der Waals surface area contributed by atoms with Gasteiger partial charge in [0, 0.05) is 35.8 Å². The minimum absolute atomic E-state index is 0.0449. The topological polar surface area (TPSA) is 102 Å². The van der Waals surface area contributed by atoms with Gasteiger partial charge in [0.15, 0.2) is 5.79 Å². The number of rotatable bonds is 4. The van der Waals surface area contributed by atoms with Crippen molar-refractivity contribution in [1.29, 1.82) is 0 Å². The molecule has 5 atom stereocenters. The Bertz CT molecular complexity index is 1410. The Morgan fingerprint density at radius 3 is 2.94 bits per heavy atom. The zero-order valence-corrected chi connectivity index (χ0v) is 18.8. The van der Waals surface area contributed by atoms with Crippen LogP contribution < -0.4 is 10.5 Å². The first-order valence-electron chi connectivity index (χ1n) is 11.4. The highest BCUT2D eigenvalue weighted by atomic mass is 16.8. The molecule has 1 aliphatic heterocycles. The van der Waals surface area contributed by atoms with Crippen molar-refractivity contribution >= 4 is 22.5 Å². The van der Waals surface area contributed by atoms with Crippen molar-refractivity contribution in [3.05, 3.63) is 48.8 Å². The maximum Gasteiger partial charge on any atom is 0.163 e. The van der Waals surface area contributed by atoms with E-state index in [-0.39, 0.29) is 23.7 Å². The number of nitrogens with zero attached hydrogens (tertiary/aromatic N) is 5. The molecule has 3 aliphatic rings. The Labute approximate surface area is 190 Å². The molecular weight excluding hydrogens is 420 g/mol. The average molecular weight is 447 g/mol. The van der Waals surface area contributed by atoms with Crippen LogP contribution in [0.15, 0.2) is 43.1 Å². The van der Waals surface area contributed by atoms with Crippen molar-refractivity contribution in [1.82, 2.24) is 23.9 Å². The first kappa shape index (κ1) is 19.3. The van der Waals surface area contributed by atoms with E-state index in [1.807, 2.05) is 55.8 Å². The molecule has 0 spiro atoms. The molecule has 5 heterocycles. The van der Waals surface area contributed by atoms with Crippen LogP contribution in [0.1, 0.15) is 32.0 Å². The molecule has 0 aromatic carbocycles. The number of hydrogen-bond donors (Lipinski definition) is 1. The summed E-state index contributed by atoms with van der Waals surface area (Å²) in [5, 5.41) is 0.866. The number of pyridine rings is 1. The van der Waals surface area contributed by atoms with Crippen molar-refractivity contribution in [3.8, 4) is 5.75 Å². The summed E-state index contributed by atoms with van der Waals surface area (Å²) in [7, 11) is 0. The van der Waals surface area contributed by atoms with E-state index < -0.39 is 5.79 Å². The lowest BCUT2D eigenvalue weighted by atomic mass is 10.0. The summed E-state index contributed by atoms with van der Waals surface area (Å²) in [5.41, 5.74) is 8.81. The van der Waals surface area contributed by atoms with Crippen LogP contribution in [-0.2, 0) is 9.47 Å². The Kier molecular flexibility index (Phi) is 3.65. The van der Waals surface area contributed by atoms with Crippen molar-refractivity contribution in [2.45, 2.75) is 51.2 Å². The van der Waals surface area contributed by atoms with Gasteiger partial charge in [0.05, 0.1) is 24.1 Å². The number of nitrogens with two attached hydrogens (primary N) is 1. The molecule has 4 aromatic heterocycles. The fourth-order valence-corrected chi connectivity index (χ4v) is 6.08. The zero-order valence-electron chi connectivity index (χ0n) is 18.8. The smallest absolute Gasteiger partial charge is 0.163 e. The van der Waals surface area contributed by atoms with E-state index in [0.29, 0.717) is 18.3 Å². The van der Waals surface area contributed by atoms with Crippen molar-refractivity contribution in [3.63, 3.8) is 0 Å². The van der Waals surface area contributed by atoms with Crippen molar-refractivity contribution in [2.75, 3.05) is 12.3 Å². The van der Waals surface area contributed by atoms with Gasteiger partial charge >= 0.3 is 0 Å². The third-order valence-electron chi connectivity index (χ3n) is 7.66. The first-order valence-corrected chi connectivity index (χ1v) is 11.4. The summed E-state index contributed by atoms with van der Waals surface area (Å²) < 4.78 is 23.5. The lowest BCUT2D eigenvalue weighted by Gasteiger charge is -2.24. The van der Waals surface area contributed by atoms with Gasteiger partial charge in [-0.05, 0) is 45.2 Å². The molecule has 170 valence electrons. The predicted octanol–water partition coefficient (Wildman–Crippen LogP) is 3.13. The summed E-state index contributed by atoms with van der Waals surface area (Å²) in [4.78, 5) is 13.1.